The van der Waals surface area contributed by atoms with Crippen LogP contribution in [0.15, 0.2) is 72.9 Å². The summed E-state index contributed by atoms with van der Waals surface area (Å²) in [5.74, 6) is -0.0584. The van der Waals surface area contributed by atoms with Gasteiger partial charge in [-0.3, -0.25) is 4.79 Å². The van der Waals surface area contributed by atoms with E-state index >= 15 is 0 Å². The molecule has 0 aromatic heterocycles. The zero-order chi connectivity index (χ0) is 56.9. The maximum atomic E-state index is 12.6. The molecule has 0 aliphatic rings. The Balaban J connectivity index is 3.44. The average Bonchev–Trinajstić information content (AvgIpc) is 3.45. The maximum absolute atomic E-state index is 12.6. The second-order valence-corrected chi connectivity index (χ2v) is 24.3. The van der Waals surface area contributed by atoms with Gasteiger partial charge in [0, 0.05) is 6.42 Å². The van der Waals surface area contributed by atoms with Crippen molar-refractivity contribution in [3.63, 3.8) is 0 Å². The minimum atomic E-state index is -0.843. The number of aliphatic hydroxyl groups is 2. The molecule has 0 aromatic rings. The number of allylic oxidation sites excluding steroid dienone is 11. The summed E-state index contributed by atoms with van der Waals surface area (Å²) in [7, 11) is 0. The maximum Gasteiger partial charge on any atom is 0.220 e. The molecule has 0 rings (SSSR count). The van der Waals surface area contributed by atoms with E-state index in [9.17, 15) is 15.0 Å². The molecule has 79 heavy (non-hydrogen) atoms. The first kappa shape index (κ1) is 76.8. The van der Waals surface area contributed by atoms with Gasteiger partial charge in [0.2, 0.25) is 5.91 Å². The highest BCUT2D eigenvalue weighted by atomic mass is 16.3. The quantitative estimate of drug-likeness (QED) is 0.0420. The lowest BCUT2D eigenvalue weighted by atomic mass is 10.0. The number of unbranched alkanes of at least 4 members (excludes halogenated alkanes) is 49. The molecule has 1 amide bonds. The third-order valence-electron chi connectivity index (χ3n) is 16.4. The van der Waals surface area contributed by atoms with E-state index < -0.39 is 12.1 Å². The summed E-state index contributed by atoms with van der Waals surface area (Å²) >= 11 is 0. The Morgan fingerprint density at radius 3 is 0.835 bits per heavy atom. The van der Waals surface area contributed by atoms with Gasteiger partial charge in [-0.2, -0.15) is 0 Å². The molecule has 0 radical (unpaired) electrons. The predicted molar refractivity (Wildman–Crippen MR) is 354 cm³/mol. The van der Waals surface area contributed by atoms with Crippen LogP contribution in [0.5, 0.6) is 0 Å². The van der Waals surface area contributed by atoms with E-state index in [0.29, 0.717) is 6.42 Å². The van der Waals surface area contributed by atoms with Crippen LogP contribution >= 0.6 is 0 Å². The monoisotopic (exact) mass is 1100 g/mol. The van der Waals surface area contributed by atoms with E-state index in [1.54, 1.807) is 6.08 Å². The van der Waals surface area contributed by atoms with Gasteiger partial charge in [0.25, 0.3) is 0 Å². The second kappa shape index (κ2) is 70.1. The van der Waals surface area contributed by atoms with Crippen LogP contribution in [0.25, 0.3) is 0 Å². The van der Waals surface area contributed by atoms with E-state index in [2.05, 4.69) is 79.9 Å². The number of carbonyl (C=O) groups is 1. The molecule has 3 N–H and O–H groups in total. The molecular weight excluding hydrogens is 963 g/mol. The van der Waals surface area contributed by atoms with E-state index in [4.69, 9.17) is 0 Å². The number of rotatable bonds is 66. The Hall–Kier alpha value is -2.17. The van der Waals surface area contributed by atoms with Crippen molar-refractivity contribution in [2.75, 3.05) is 6.61 Å². The molecule has 2 atom stereocenters. The normalized spacial score (nSPS) is 13.1. The van der Waals surface area contributed by atoms with E-state index in [0.717, 1.165) is 57.8 Å². The van der Waals surface area contributed by atoms with Crippen molar-refractivity contribution < 1.29 is 15.0 Å². The molecule has 0 spiro atoms. The highest BCUT2D eigenvalue weighted by Gasteiger charge is 2.18. The van der Waals surface area contributed by atoms with Crippen molar-refractivity contribution in [3.8, 4) is 0 Å². The Bertz CT molecular complexity index is 1340. The van der Waals surface area contributed by atoms with Gasteiger partial charge >= 0.3 is 0 Å². The second-order valence-electron chi connectivity index (χ2n) is 24.3. The fraction of sp³-hybridized carbons (Fsp3) is 0.827. The van der Waals surface area contributed by atoms with Gasteiger partial charge in [0.1, 0.15) is 0 Å². The van der Waals surface area contributed by atoms with Crippen LogP contribution in [0.2, 0.25) is 0 Å². The van der Waals surface area contributed by atoms with E-state index in [1.165, 1.54) is 302 Å². The van der Waals surface area contributed by atoms with Crippen LogP contribution in [0, 0.1) is 0 Å². The molecule has 0 saturated heterocycles. The van der Waals surface area contributed by atoms with Gasteiger partial charge in [-0.1, -0.05) is 382 Å². The number of aliphatic hydroxyl groups excluding tert-OH is 2. The van der Waals surface area contributed by atoms with Gasteiger partial charge in [-0.25, -0.2) is 0 Å². The van der Waals surface area contributed by atoms with Crippen LogP contribution in [0.4, 0.5) is 0 Å². The summed E-state index contributed by atoms with van der Waals surface area (Å²) in [6.07, 6.45) is 101. The summed E-state index contributed by atoms with van der Waals surface area (Å²) in [5.41, 5.74) is 0. The standard InChI is InChI=1S/C75H139NO3/c1-3-5-7-9-11-13-15-17-19-21-23-25-27-29-31-33-35-37-38-39-41-43-45-47-49-51-53-55-57-59-61-63-65-67-69-71-75(79)76-73(72-77)74(78)70-68-66-64-62-60-58-56-54-52-50-48-46-44-42-40-36-34-32-30-28-26-24-22-20-18-16-14-12-10-8-6-4-2/h5,7,11,13,17,19,23,25,29,31,68,70,73-74,77-78H,3-4,6,8-10,12,14-16,18,20-22,24,26-28,30,32-67,69,71-72H2,1-2H3,(H,76,79)/b7-5-,13-11-,19-17-,25-23-,31-29-,70-68+. The molecule has 0 fully saturated rings. The first-order valence-electron chi connectivity index (χ1n) is 35.7. The Kier molecular flexibility index (Phi) is 68.2. The first-order valence-corrected chi connectivity index (χ1v) is 35.7. The Morgan fingerprint density at radius 1 is 0.316 bits per heavy atom. The number of hydrogen-bond acceptors (Lipinski definition) is 3. The zero-order valence-corrected chi connectivity index (χ0v) is 53.4. The molecule has 0 saturated carbocycles. The van der Waals surface area contributed by atoms with Crippen LogP contribution in [0.1, 0.15) is 380 Å². The van der Waals surface area contributed by atoms with E-state index in [-0.39, 0.29) is 12.5 Å². The third kappa shape index (κ3) is 66.5. The lowest BCUT2D eigenvalue weighted by Gasteiger charge is -2.20. The van der Waals surface area contributed by atoms with Gasteiger partial charge in [-0.15, -0.1) is 0 Å². The minimum absolute atomic E-state index is 0.0584. The lowest BCUT2D eigenvalue weighted by Crippen LogP contribution is -2.45. The highest BCUT2D eigenvalue weighted by Crippen LogP contribution is 2.19. The molecule has 0 aliphatic heterocycles. The van der Waals surface area contributed by atoms with Gasteiger partial charge in [0.05, 0.1) is 18.8 Å². The number of carbonyl (C=O) groups excluding carboxylic acids is 1. The first-order chi connectivity index (χ1) is 39.2. The molecule has 0 heterocycles. The Labute approximate surface area is 495 Å². The Morgan fingerprint density at radius 2 is 0.557 bits per heavy atom. The number of nitrogens with one attached hydrogen (secondary N) is 1. The van der Waals surface area contributed by atoms with Crippen LogP contribution in [-0.4, -0.2) is 34.9 Å². The van der Waals surface area contributed by atoms with Crippen LogP contribution < -0.4 is 5.32 Å². The average molecular weight is 1100 g/mol. The summed E-state index contributed by atoms with van der Waals surface area (Å²) in [6, 6.07) is -0.626. The molecule has 2 unspecified atom stereocenters. The molecule has 4 heteroatoms. The van der Waals surface area contributed by atoms with Gasteiger partial charge in [-0.05, 0) is 64.2 Å². The summed E-state index contributed by atoms with van der Waals surface area (Å²) < 4.78 is 0. The van der Waals surface area contributed by atoms with Gasteiger partial charge < -0.3 is 15.5 Å². The SMILES string of the molecule is CC/C=C\C/C=C\C/C=C\C/C=C\C/C=C\CCCCCCCCCCCCCCCCCCCCCC(=O)NC(CO)C(O)/C=C/CCCCCCCCCCCCCCCCCCCCCCCCCCCCCCCC. The number of amides is 1. The van der Waals surface area contributed by atoms with Crippen molar-refractivity contribution in [3.05, 3.63) is 72.9 Å². The molecule has 462 valence electrons. The van der Waals surface area contributed by atoms with Gasteiger partial charge in [0.15, 0.2) is 0 Å². The smallest absolute Gasteiger partial charge is 0.220 e. The largest absolute Gasteiger partial charge is 0.394 e. The van der Waals surface area contributed by atoms with Crippen molar-refractivity contribution in [2.24, 2.45) is 0 Å². The third-order valence-corrected chi connectivity index (χ3v) is 16.4. The van der Waals surface area contributed by atoms with Crippen LogP contribution in [-0.2, 0) is 4.79 Å². The minimum Gasteiger partial charge on any atom is -0.394 e. The van der Waals surface area contributed by atoms with Crippen molar-refractivity contribution in [1.82, 2.24) is 5.32 Å². The summed E-state index contributed by atoms with van der Waals surface area (Å²) in [6.45, 7) is 4.23. The summed E-state index contributed by atoms with van der Waals surface area (Å²) in [4.78, 5) is 12.6. The van der Waals surface area contributed by atoms with Crippen molar-refractivity contribution in [1.29, 1.82) is 0 Å². The van der Waals surface area contributed by atoms with Crippen molar-refractivity contribution in [2.45, 2.75) is 392 Å². The lowest BCUT2D eigenvalue weighted by molar-refractivity contribution is -0.123. The highest BCUT2D eigenvalue weighted by molar-refractivity contribution is 5.76. The topological polar surface area (TPSA) is 69.6 Å². The van der Waals surface area contributed by atoms with E-state index in [1.807, 2.05) is 6.08 Å². The fourth-order valence-electron chi connectivity index (χ4n) is 11.1. The molecule has 0 aromatic carbocycles. The molecule has 4 nitrogen and oxygen atoms in total. The van der Waals surface area contributed by atoms with Crippen LogP contribution in [0.3, 0.4) is 0 Å². The predicted octanol–water partition coefficient (Wildman–Crippen LogP) is 24.4. The molecule has 0 bridgehead atoms. The number of hydrogen-bond donors (Lipinski definition) is 3. The van der Waals surface area contributed by atoms with Crippen molar-refractivity contribution >= 4 is 5.91 Å². The zero-order valence-electron chi connectivity index (χ0n) is 53.4. The molecular formula is C75H139NO3. The molecule has 0 aliphatic carbocycles. The summed E-state index contributed by atoms with van der Waals surface area (Å²) in [5, 5.41) is 23.3. The fourth-order valence-corrected chi connectivity index (χ4v) is 11.1.